The predicted octanol–water partition coefficient (Wildman–Crippen LogP) is 1.23. The van der Waals surface area contributed by atoms with Crippen molar-refractivity contribution in [1.29, 1.82) is 0 Å². The molecule has 0 fully saturated rings. The van der Waals surface area contributed by atoms with Crippen LogP contribution in [0.15, 0.2) is 4.79 Å². The third-order valence-corrected chi connectivity index (χ3v) is 3.47. The Morgan fingerprint density at radius 2 is 2.12 bits per heavy atom. The van der Waals surface area contributed by atoms with Gasteiger partial charge in [-0.15, -0.1) is 0 Å². The van der Waals surface area contributed by atoms with E-state index in [1.165, 1.54) is 0 Å². The summed E-state index contributed by atoms with van der Waals surface area (Å²) in [5.41, 5.74) is 7.39. The van der Waals surface area contributed by atoms with Crippen molar-refractivity contribution in [3.05, 3.63) is 27.4 Å². The molecule has 4 heteroatoms. The van der Waals surface area contributed by atoms with Crippen molar-refractivity contribution in [1.82, 2.24) is 9.97 Å². The van der Waals surface area contributed by atoms with Crippen LogP contribution in [0.2, 0.25) is 0 Å². The van der Waals surface area contributed by atoms with Crippen LogP contribution in [0.4, 0.5) is 0 Å². The number of hydrogen-bond donors (Lipinski definition) is 2. The number of aromatic nitrogens is 2. The van der Waals surface area contributed by atoms with Crippen molar-refractivity contribution >= 4 is 0 Å². The third kappa shape index (κ3) is 1.89. The van der Waals surface area contributed by atoms with Gasteiger partial charge in [0.15, 0.2) is 0 Å². The van der Waals surface area contributed by atoms with E-state index in [9.17, 15) is 4.79 Å². The van der Waals surface area contributed by atoms with Crippen molar-refractivity contribution in [2.75, 3.05) is 0 Å². The molecule has 0 amide bonds. The number of hydrogen-bond acceptors (Lipinski definition) is 3. The van der Waals surface area contributed by atoms with E-state index in [0.29, 0.717) is 5.82 Å². The van der Waals surface area contributed by atoms with Crippen LogP contribution >= 0.6 is 0 Å². The second-order valence-corrected chi connectivity index (χ2v) is 4.82. The first kappa shape index (κ1) is 11.3. The lowest BCUT2D eigenvalue weighted by molar-refractivity contribution is 0.438. The van der Waals surface area contributed by atoms with Crippen LogP contribution in [0.25, 0.3) is 0 Å². The highest BCUT2D eigenvalue weighted by molar-refractivity contribution is 5.22. The van der Waals surface area contributed by atoms with Gasteiger partial charge in [0.2, 0.25) is 0 Å². The number of aromatic amines is 1. The number of rotatable bonds is 2. The van der Waals surface area contributed by atoms with Crippen molar-refractivity contribution in [2.24, 2.45) is 5.73 Å². The lowest BCUT2D eigenvalue weighted by atomic mass is 9.95. The highest BCUT2D eigenvalue weighted by atomic mass is 16.1. The fourth-order valence-electron chi connectivity index (χ4n) is 2.04. The number of H-pyrrole nitrogens is 1. The van der Waals surface area contributed by atoms with Crippen molar-refractivity contribution in [2.45, 2.75) is 51.5 Å². The van der Waals surface area contributed by atoms with Gasteiger partial charge in [0.25, 0.3) is 5.56 Å². The van der Waals surface area contributed by atoms with Gasteiger partial charge in [0.1, 0.15) is 5.82 Å². The zero-order valence-corrected chi connectivity index (χ0v) is 9.97. The first-order chi connectivity index (χ1) is 7.54. The molecule has 1 aliphatic carbocycles. The SMILES string of the molecule is CC[C@](C)(N)c1nc2c(c(=O)[nH]1)CCCC2. The Kier molecular flexibility index (Phi) is 2.84. The van der Waals surface area contributed by atoms with Gasteiger partial charge in [-0.1, -0.05) is 6.92 Å². The first-order valence-electron chi connectivity index (χ1n) is 5.96. The Morgan fingerprint density at radius 3 is 2.81 bits per heavy atom. The molecule has 16 heavy (non-hydrogen) atoms. The molecule has 88 valence electrons. The lowest BCUT2D eigenvalue weighted by Gasteiger charge is -2.23. The second-order valence-electron chi connectivity index (χ2n) is 4.82. The van der Waals surface area contributed by atoms with Gasteiger partial charge in [-0.25, -0.2) is 4.98 Å². The molecule has 0 spiro atoms. The predicted molar refractivity (Wildman–Crippen MR) is 63.3 cm³/mol. The van der Waals surface area contributed by atoms with Crippen LogP contribution in [0.5, 0.6) is 0 Å². The number of aryl methyl sites for hydroxylation is 1. The Balaban J connectivity index is 2.51. The smallest absolute Gasteiger partial charge is 0.254 e. The minimum Gasteiger partial charge on any atom is -0.319 e. The Morgan fingerprint density at radius 1 is 1.44 bits per heavy atom. The molecule has 0 aliphatic heterocycles. The Hall–Kier alpha value is -1.16. The summed E-state index contributed by atoms with van der Waals surface area (Å²) in [6, 6.07) is 0. The van der Waals surface area contributed by atoms with E-state index in [4.69, 9.17) is 5.73 Å². The molecule has 0 aromatic carbocycles. The normalized spacial score (nSPS) is 18.9. The minimum atomic E-state index is -0.536. The van der Waals surface area contributed by atoms with Crippen LogP contribution in [0.3, 0.4) is 0 Å². The first-order valence-corrected chi connectivity index (χ1v) is 5.96. The van der Waals surface area contributed by atoms with Crippen molar-refractivity contribution in [3.63, 3.8) is 0 Å². The quantitative estimate of drug-likeness (QED) is 0.789. The summed E-state index contributed by atoms with van der Waals surface area (Å²) >= 11 is 0. The lowest BCUT2D eigenvalue weighted by Crippen LogP contribution is -2.37. The van der Waals surface area contributed by atoms with Gasteiger partial charge in [-0.05, 0) is 39.0 Å². The number of nitrogens with zero attached hydrogens (tertiary/aromatic N) is 1. The highest BCUT2D eigenvalue weighted by Crippen LogP contribution is 2.20. The molecule has 1 atom stereocenters. The average Bonchev–Trinajstić information content (AvgIpc) is 2.29. The second kappa shape index (κ2) is 4.01. The Labute approximate surface area is 95.3 Å². The molecule has 1 heterocycles. The maximum Gasteiger partial charge on any atom is 0.254 e. The van der Waals surface area contributed by atoms with E-state index >= 15 is 0 Å². The molecule has 0 unspecified atom stereocenters. The zero-order chi connectivity index (χ0) is 11.8. The molecular weight excluding hydrogens is 202 g/mol. The van der Waals surface area contributed by atoms with Crippen LogP contribution in [0.1, 0.15) is 50.2 Å². The Bertz CT molecular complexity index is 448. The van der Waals surface area contributed by atoms with Crippen molar-refractivity contribution < 1.29 is 0 Å². The summed E-state index contributed by atoms with van der Waals surface area (Å²) in [5.74, 6) is 0.626. The maximum absolute atomic E-state index is 11.9. The monoisotopic (exact) mass is 221 g/mol. The summed E-state index contributed by atoms with van der Waals surface area (Å²) in [5, 5.41) is 0. The summed E-state index contributed by atoms with van der Waals surface area (Å²) in [6.07, 6.45) is 4.73. The zero-order valence-electron chi connectivity index (χ0n) is 9.97. The van der Waals surface area contributed by atoms with Crippen LogP contribution in [-0.2, 0) is 18.4 Å². The maximum atomic E-state index is 11.9. The van der Waals surface area contributed by atoms with Gasteiger partial charge in [0, 0.05) is 5.56 Å². The third-order valence-electron chi connectivity index (χ3n) is 3.47. The summed E-state index contributed by atoms with van der Waals surface area (Å²) in [7, 11) is 0. The molecular formula is C12H19N3O. The molecule has 0 saturated carbocycles. The topological polar surface area (TPSA) is 71.8 Å². The van der Waals surface area contributed by atoms with E-state index in [1.54, 1.807) is 0 Å². The van der Waals surface area contributed by atoms with Crippen LogP contribution < -0.4 is 11.3 Å². The van der Waals surface area contributed by atoms with E-state index in [-0.39, 0.29) is 5.56 Å². The molecule has 1 aromatic rings. The minimum absolute atomic E-state index is 0.00447. The summed E-state index contributed by atoms with van der Waals surface area (Å²) < 4.78 is 0. The summed E-state index contributed by atoms with van der Waals surface area (Å²) in [6.45, 7) is 3.90. The average molecular weight is 221 g/mol. The van der Waals surface area contributed by atoms with Gasteiger partial charge < -0.3 is 10.7 Å². The van der Waals surface area contributed by atoms with Crippen LogP contribution in [-0.4, -0.2) is 9.97 Å². The molecule has 4 nitrogen and oxygen atoms in total. The summed E-state index contributed by atoms with van der Waals surface area (Å²) in [4.78, 5) is 19.3. The number of nitrogens with two attached hydrogens (primary N) is 1. The highest BCUT2D eigenvalue weighted by Gasteiger charge is 2.24. The van der Waals surface area contributed by atoms with Gasteiger partial charge in [0.05, 0.1) is 11.2 Å². The van der Waals surface area contributed by atoms with Gasteiger partial charge in [-0.3, -0.25) is 4.79 Å². The number of nitrogens with one attached hydrogen (secondary N) is 1. The van der Waals surface area contributed by atoms with Crippen LogP contribution in [0, 0.1) is 0 Å². The van der Waals surface area contributed by atoms with Gasteiger partial charge in [-0.2, -0.15) is 0 Å². The van der Waals surface area contributed by atoms with Gasteiger partial charge >= 0.3 is 0 Å². The number of fused-ring (bicyclic) bond motifs is 1. The largest absolute Gasteiger partial charge is 0.319 e. The molecule has 0 saturated heterocycles. The molecule has 1 aromatic heterocycles. The van der Waals surface area contributed by atoms with E-state index in [0.717, 1.165) is 43.4 Å². The molecule has 0 bridgehead atoms. The van der Waals surface area contributed by atoms with E-state index < -0.39 is 5.54 Å². The van der Waals surface area contributed by atoms with E-state index in [2.05, 4.69) is 9.97 Å². The van der Waals surface area contributed by atoms with E-state index in [1.807, 2.05) is 13.8 Å². The fraction of sp³-hybridized carbons (Fsp3) is 0.667. The van der Waals surface area contributed by atoms with Crippen molar-refractivity contribution in [3.8, 4) is 0 Å². The molecule has 3 N–H and O–H groups in total. The molecule has 1 aliphatic rings. The molecule has 2 rings (SSSR count). The standard InChI is InChI=1S/C12H19N3O/c1-3-12(2,13)11-14-9-7-5-4-6-8(9)10(16)15-11/h3-7,13H2,1-2H3,(H,14,15,16)/t12-/m0/s1. The molecule has 0 radical (unpaired) electrons. The fourth-order valence-corrected chi connectivity index (χ4v) is 2.04.